The number of nitrogens with zero attached hydrogens (tertiary/aromatic N) is 2. The Morgan fingerprint density at radius 1 is 1.23 bits per heavy atom. The Kier molecular flexibility index (Phi) is 5.92. The molecule has 0 aliphatic carbocycles. The van der Waals surface area contributed by atoms with Crippen molar-refractivity contribution in [2.24, 2.45) is 0 Å². The average Bonchev–Trinajstić information content (AvgIpc) is 3.17. The number of aromatic nitrogens is 2. The predicted molar refractivity (Wildman–Crippen MR) is 103 cm³/mol. The summed E-state index contributed by atoms with van der Waals surface area (Å²) < 4.78 is 7.56. The van der Waals surface area contributed by atoms with E-state index in [9.17, 15) is 4.79 Å². The van der Waals surface area contributed by atoms with Crippen LogP contribution >= 0.6 is 11.6 Å². The molecule has 1 heterocycles. The highest BCUT2D eigenvalue weighted by Gasteiger charge is 2.04. The molecule has 0 aliphatic heterocycles. The molecule has 0 atom stereocenters. The lowest BCUT2D eigenvalue weighted by Gasteiger charge is -2.09. The van der Waals surface area contributed by atoms with E-state index in [1.54, 1.807) is 12.5 Å². The number of halogens is 1. The topological polar surface area (TPSA) is 56.1 Å². The number of benzene rings is 2. The van der Waals surface area contributed by atoms with Crippen molar-refractivity contribution >= 4 is 23.2 Å². The highest BCUT2D eigenvalue weighted by atomic mass is 35.5. The third-order valence-corrected chi connectivity index (χ3v) is 4.32. The second kappa shape index (κ2) is 8.54. The van der Waals surface area contributed by atoms with Crippen LogP contribution in [-0.4, -0.2) is 22.1 Å². The number of nitrogens with one attached hydrogen (secondary N) is 1. The summed E-state index contributed by atoms with van der Waals surface area (Å²) in [7, 11) is 0. The molecule has 0 spiro atoms. The molecule has 0 unspecified atom stereocenters. The molecule has 0 radical (unpaired) electrons. The van der Waals surface area contributed by atoms with Crippen molar-refractivity contribution in [3.8, 4) is 11.4 Å². The van der Waals surface area contributed by atoms with Crippen LogP contribution in [0.4, 0.5) is 5.69 Å². The number of hydrogen-bond donors (Lipinski definition) is 1. The summed E-state index contributed by atoms with van der Waals surface area (Å²) in [5.41, 5.74) is 2.74. The number of carbonyl (C=O) groups is 1. The lowest BCUT2D eigenvalue weighted by Crippen LogP contribution is -2.12. The lowest BCUT2D eigenvalue weighted by atomic mass is 10.2. The molecule has 134 valence electrons. The van der Waals surface area contributed by atoms with Crippen molar-refractivity contribution in [2.75, 3.05) is 11.9 Å². The van der Waals surface area contributed by atoms with E-state index < -0.39 is 0 Å². The smallest absolute Gasteiger partial charge is 0.224 e. The summed E-state index contributed by atoms with van der Waals surface area (Å²) in [6.07, 6.45) is 6.37. The van der Waals surface area contributed by atoms with E-state index in [1.807, 2.05) is 60.2 Å². The van der Waals surface area contributed by atoms with Gasteiger partial charge in [0.25, 0.3) is 0 Å². The van der Waals surface area contributed by atoms with Gasteiger partial charge in [0.1, 0.15) is 5.75 Å². The zero-order valence-corrected chi connectivity index (χ0v) is 15.2. The van der Waals surface area contributed by atoms with Crippen LogP contribution in [-0.2, 0) is 4.79 Å². The van der Waals surface area contributed by atoms with Gasteiger partial charge in [-0.25, -0.2) is 4.98 Å². The second-order valence-electron chi connectivity index (χ2n) is 5.93. The van der Waals surface area contributed by atoms with Crippen LogP contribution in [0.2, 0.25) is 5.02 Å². The fourth-order valence-corrected chi connectivity index (χ4v) is 2.60. The Morgan fingerprint density at radius 3 is 2.73 bits per heavy atom. The minimum absolute atomic E-state index is 0.0312. The standard InChI is InChI=1S/C20H20ClN3O2/c1-15-13-18(8-9-19(15)21)26-12-2-3-20(25)23-16-4-6-17(7-5-16)24-11-10-22-14-24/h4-11,13-14H,2-3,12H2,1H3,(H,23,25). The van der Waals surface area contributed by atoms with E-state index in [2.05, 4.69) is 10.3 Å². The molecule has 26 heavy (non-hydrogen) atoms. The number of ether oxygens (including phenoxy) is 1. The van der Waals surface area contributed by atoms with Crippen molar-refractivity contribution in [1.82, 2.24) is 9.55 Å². The quantitative estimate of drug-likeness (QED) is 0.617. The van der Waals surface area contributed by atoms with Gasteiger partial charge in [-0.05, 0) is 61.4 Å². The molecule has 1 N–H and O–H groups in total. The number of carbonyl (C=O) groups excluding carboxylic acids is 1. The summed E-state index contributed by atoms with van der Waals surface area (Å²) in [5.74, 6) is 0.735. The zero-order valence-electron chi connectivity index (χ0n) is 14.5. The van der Waals surface area contributed by atoms with Crippen molar-refractivity contribution in [3.63, 3.8) is 0 Å². The number of imidazole rings is 1. The largest absolute Gasteiger partial charge is 0.494 e. The first kappa shape index (κ1) is 18.0. The molecular formula is C20H20ClN3O2. The van der Waals surface area contributed by atoms with E-state index in [0.29, 0.717) is 19.4 Å². The highest BCUT2D eigenvalue weighted by Crippen LogP contribution is 2.21. The molecule has 0 saturated carbocycles. The summed E-state index contributed by atoms with van der Waals surface area (Å²) in [6, 6.07) is 13.2. The fourth-order valence-electron chi connectivity index (χ4n) is 2.48. The summed E-state index contributed by atoms with van der Waals surface area (Å²) >= 11 is 5.99. The number of hydrogen-bond acceptors (Lipinski definition) is 3. The molecule has 2 aromatic carbocycles. The average molecular weight is 370 g/mol. The second-order valence-corrected chi connectivity index (χ2v) is 6.34. The first-order chi connectivity index (χ1) is 12.6. The van der Waals surface area contributed by atoms with Crippen molar-refractivity contribution in [3.05, 3.63) is 71.8 Å². The van der Waals surface area contributed by atoms with Crippen LogP contribution < -0.4 is 10.1 Å². The SMILES string of the molecule is Cc1cc(OCCCC(=O)Nc2ccc(-n3ccnc3)cc2)ccc1Cl. The van der Waals surface area contributed by atoms with Gasteiger partial charge in [-0.15, -0.1) is 0 Å². The number of rotatable bonds is 7. The third kappa shape index (κ3) is 4.86. The van der Waals surface area contributed by atoms with Crippen molar-refractivity contribution < 1.29 is 9.53 Å². The van der Waals surface area contributed by atoms with Gasteiger partial charge >= 0.3 is 0 Å². The summed E-state index contributed by atoms with van der Waals surface area (Å²) in [6.45, 7) is 2.41. The molecule has 3 rings (SSSR count). The first-order valence-electron chi connectivity index (χ1n) is 8.39. The maximum Gasteiger partial charge on any atom is 0.224 e. The van der Waals surface area contributed by atoms with Crippen molar-refractivity contribution in [2.45, 2.75) is 19.8 Å². The highest BCUT2D eigenvalue weighted by molar-refractivity contribution is 6.31. The van der Waals surface area contributed by atoms with Crippen LogP contribution in [0.5, 0.6) is 5.75 Å². The summed E-state index contributed by atoms with van der Waals surface area (Å²) in [4.78, 5) is 16.1. The van der Waals surface area contributed by atoms with Gasteiger partial charge in [0.15, 0.2) is 0 Å². The number of anilines is 1. The lowest BCUT2D eigenvalue weighted by molar-refractivity contribution is -0.116. The molecule has 5 nitrogen and oxygen atoms in total. The molecule has 0 saturated heterocycles. The van der Waals surface area contributed by atoms with Gasteiger partial charge in [-0.1, -0.05) is 11.6 Å². The maximum atomic E-state index is 12.0. The normalized spacial score (nSPS) is 10.5. The summed E-state index contributed by atoms with van der Waals surface area (Å²) in [5, 5.41) is 3.61. The van der Waals surface area contributed by atoms with E-state index in [1.165, 1.54) is 0 Å². The van der Waals surface area contributed by atoms with Crippen LogP contribution in [0.1, 0.15) is 18.4 Å². The van der Waals surface area contributed by atoms with Crippen LogP contribution in [0.15, 0.2) is 61.2 Å². The van der Waals surface area contributed by atoms with Gasteiger partial charge in [-0.3, -0.25) is 4.79 Å². The van der Waals surface area contributed by atoms with Gasteiger partial charge in [0, 0.05) is 35.2 Å². The zero-order chi connectivity index (χ0) is 18.4. The molecule has 3 aromatic rings. The molecule has 1 aromatic heterocycles. The Balaban J connectivity index is 1.42. The van der Waals surface area contributed by atoms with E-state index in [0.717, 1.165) is 27.7 Å². The fraction of sp³-hybridized carbons (Fsp3) is 0.200. The van der Waals surface area contributed by atoms with Gasteiger partial charge < -0.3 is 14.6 Å². The van der Waals surface area contributed by atoms with Crippen LogP contribution in [0, 0.1) is 6.92 Å². The van der Waals surface area contributed by atoms with E-state index in [4.69, 9.17) is 16.3 Å². The Hall–Kier alpha value is -2.79. The van der Waals surface area contributed by atoms with E-state index >= 15 is 0 Å². The molecule has 0 aliphatic rings. The first-order valence-corrected chi connectivity index (χ1v) is 8.77. The van der Waals surface area contributed by atoms with Crippen molar-refractivity contribution in [1.29, 1.82) is 0 Å². The van der Waals surface area contributed by atoms with Gasteiger partial charge in [0.2, 0.25) is 5.91 Å². The minimum Gasteiger partial charge on any atom is -0.494 e. The maximum absolute atomic E-state index is 12.0. The third-order valence-electron chi connectivity index (χ3n) is 3.90. The van der Waals surface area contributed by atoms with E-state index in [-0.39, 0.29) is 5.91 Å². The van der Waals surface area contributed by atoms with Gasteiger partial charge in [0.05, 0.1) is 12.9 Å². The molecule has 0 fully saturated rings. The molecule has 6 heteroatoms. The predicted octanol–water partition coefficient (Wildman–Crippen LogP) is 4.63. The molecule has 0 bridgehead atoms. The number of amides is 1. The monoisotopic (exact) mass is 369 g/mol. The Morgan fingerprint density at radius 2 is 2.04 bits per heavy atom. The van der Waals surface area contributed by atoms with Crippen LogP contribution in [0.25, 0.3) is 5.69 Å². The van der Waals surface area contributed by atoms with Gasteiger partial charge in [-0.2, -0.15) is 0 Å². The molecular weight excluding hydrogens is 350 g/mol. The Bertz CT molecular complexity index is 861. The Labute approximate surface area is 157 Å². The minimum atomic E-state index is -0.0312. The number of aryl methyl sites for hydroxylation is 1. The molecule has 1 amide bonds. The van der Waals surface area contributed by atoms with Crippen LogP contribution in [0.3, 0.4) is 0 Å².